The van der Waals surface area contributed by atoms with Crippen LogP contribution in [-0.2, 0) is 13.2 Å². The predicted molar refractivity (Wildman–Crippen MR) is 123 cm³/mol. The highest BCUT2D eigenvalue weighted by Crippen LogP contribution is 2.16. The topological polar surface area (TPSA) is 86.3 Å². The highest BCUT2D eigenvalue weighted by Gasteiger charge is 2.08. The Labute approximate surface area is 190 Å². The molecule has 8 nitrogen and oxygen atoms in total. The number of aryl methyl sites for hydroxylation is 1. The first-order chi connectivity index (χ1) is 16.2. The zero-order valence-electron chi connectivity index (χ0n) is 18.0. The number of fused-ring (bicyclic) bond motifs is 1. The molecule has 8 heteroatoms. The van der Waals surface area contributed by atoms with Crippen LogP contribution in [0.1, 0.15) is 27.2 Å². The number of pyridine rings is 2. The van der Waals surface area contributed by atoms with Gasteiger partial charge in [-0.3, -0.25) is 4.79 Å². The molecule has 1 amide bonds. The summed E-state index contributed by atoms with van der Waals surface area (Å²) in [7, 11) is 0. The number of hydrogen-bond donors (Lipinski definition) is 1. The second-order valence-corrected chi connectivity index (χ2v) is 7.63. The first-order valence-corrected chi connectivity index (χ1v) is 10.5. The van der Waals surface area contributed by atoms with Crippen LogP contribution in [0.25, 0.3) is 11.5 Å². The third kappa shape index (κ3) is 4.59. The van der Waals surface area contributed by atoms with Crippen LogP contribution in [0, 0.1) is 6.92 Å². The number of amides is 1. The average Bonchev–Trinajstić information content (AvgIpc) is 3.53. The minimum absolute atomic E-state index is 0.159. The number of aromatic nitrogens is 5. The monoisotopic (exact) mass is 438 g/mol. The summed E-state index contributed by atoms with van der Waals surface area (Å²) in [4.78, 5) is 21.5. The Bertz CT molecular complexity index is 1370. The Hall–Kier alpha value is -4.46. The van der Waals surface area contributed by atoms with Crippen molar-refractivity contribution < 1.29 is 9.53 Å². The summed E-state index contributed by atoms with van der Waals surface area (Å²) in [6, 6.07) is 16.7. The van der Waals surface area contributed by atoms with E-state index in [1.165, 1.54) is 0 Å². The summed E-state index contributed by atoms with van der Waals surface area (Å²) in [5.41, 5.74) is 4.35. The highest BCUT2D eigenvalue weighted by atomic mass is 16.5. The number of ether oxygens (including phenoxy) is 1. The van der Waals surface area contributed by atoms with Gasteiger partial charge in [0.2, 0.25) is 0 Å². The Balaban J connectivity index is 1.15. The fourth-order valence-electron chi connectivity index (χ4n) is 3.48. The molecule has 0 saturated heterocycles. The zero-order chi connectivity index (χ0) is 22.6. The fraction of sp³-hybridized carbons (Fsp3) is 0.120. The maximum Gasteiger partial charge on any atom is 0.251 e. The maximum atomic E-state index is 12.5. The second-order valence-electron chi connectivity index (χ2n) is 7.63. The van der Waals surface area contributed by atoms with E-state index in [0.717, 1.165) is 28.3 Å². The Morgan fingerprint density at radius 3 is 2.67 bits per heavy atom. The number of imidazole rings is 1. The number of hydrogen-bond acceptors (Lipinski definition) is 5. The third-order valence-corrected chi connectivity index (χ3v) is 5.23. The molecule has 1 N–H and O–H groups in total. The van der Waals surface area contributed by atoms with E-state index in [0.29, 0.717) is 24.5 Å². The molecule has 5 rings (SSSR count). The molecule has 1 aromatic carbocycles. The lowest BCUT2D eigenvalue weighted by molar-refractivity contribution is 0.0951. The van der Waals surface area contributed by atoms with Gasteiger partial charge in [-0.2, -0.15) is 5.10 Å². The summed E-state index contributed by atoms with van der Waals surface area (Å²) in [5.74, 6) is 1.25. The second kappa shape index (κ2) is 8.96. The number of benzene rings is 1. The summed E-state index contributed by atoms with van der Waals surface area (Å²) < 4.78 is 9.52. The average molecular weight is 438 g/mol. The number of nitrogens with zero attached hydrogens (tertiary/aromatic N) is 5. The van der Waals surface area contributed by atoms with Gasteiger partial charge in [0.25, 0.3) is 5.91 Å². The SMILES string of the molecule is Cc1cccn2cc(COc3ccc(C(=O)NCc4ccc(-n5cccn5)nc4)cc3)nc12. The first-order valence-electron chi connectivity index (χ1n) is 10.5. The molecule has 0 spiro atoms. The van der Waals surface area contributed by atoms with Gasteiger partial charge in [-0.05, 0) is 60.5 Å². The molecule has 0 aliphatic heterocycles. The molecule has 164 valence electrons. The van der Waals surface area contributed by atoms with E-state index in [4.69, 9.17) is 4.74 Å². The van der Waals surface area contributed by atoms with Crippen LogP contribution in [0.2, 0.25) is 0 Å². The highest BCUT2D eigenvalue weighted by molar-refractivity contribution is 5.94. The van der Waals surface area contributed by atoms with E-state index < -0.39 is 0 Å². The number of carbonyl (C=O) groups excluding carboxylic acids is 1. The van der Waals surface area contributed by atoms with Crippen LogP contribution < -0.4 is 10.1 Å². The number of nitrogens with one attached hydrogen (secondary N) is 1. The molecule has 0 fully saturated rings. The van der Waals surface area contributed by atoms with E-state index in [1.54, 1.807) is 41.3 Å². The molecule has 0 radical (unpaired) electrons. The molecule has 33 heavy (non-hydrogen) atoms. The van der Waals surface area contributed by atoms with Gasteiger partial charge in [-0.1, -0.05) is 12.1 Å². The Morgan fingerprint density at radius 2 is 1.94 bits per heavy atom. The molecule has 4 heterocycles. The van der Waals surface area contributed by atoms with Gasteiger partial charge < -0.3 is 14.5 Å². The Kier molecular flexibility index (Phi) is 5.55. The van der Waals surface area contributed by atoms with Gasteiger partial charge in [0.05, 0.1) is 5.69 Å². The molecular weight excluding hydrogens is 416 g/mol. The van der Waals surface area contributed by atoms with Crippen molar-refractivity contribution in [3.05, 3.63) is 108 Å². The largest absolute Gasteiger partial charge is 0.487 e. The van der Waals surface area contributed by atoms with E-state index in [-0.39, 0.29) is 5.91 Å². The van der Waals surface area contributed by atoms with Crippen molar-refractivity contribution in [2.45, 2.75) is 20.1 Å². The van der Waals surface area contributed by atoms with Crippen molar-refractivity contribution in [1.29, 1.82) is 0 Å². The van der Waals surface area contributed by atoms with Crippen molar-refractivity contribution in [2.75, 3.05) is 0 Å². The first kappa shape index (κ1) is 20.4. The van der Waals surface area contributed by atoms with Crippen LogP contribution in [0.3, 0.4) is 0 Å². The Morgan fingerprint density at radius 1 is 1.06 bits per heavy atom. The van der Waals surface area contributed by atoms with Crippen molar-refractivity contribution in [3.8, 4) is 11.6 Å². The zero-order valence-corrected chi connectivity index (χ0v) is 18.0. The lowest BCUT2D eigenvalue weighted by Crippen LogP contribution is -2.22. The van der Waals surface area contributed by atoms with Crippen LogP contribution in [0.5, 0.6) is 5.75 Å². The molecular formula is C25H22N6O2. The molecule has 0 bridgehead atoms. The summed E-state index contributed by atoms with van der Waals surface area (Å²) in [6.45, 7) is 2.77. The lowest BCUT2D eigenvalue weighted by atomic mass is 10.2. The van der Waals surface area contributed by atoms with Crippen LogP contribution in [0.15, 0.2) is 85.6 Å². The van der Waals surface area contributed by atoms with E-state index in [1.807, 2.05) is 60.2 Å². The molecule has 0 aliphatic rings. The normalized spacial score (nSPS) is 10.9. The van der Waals surface area contributed by atoms with Crippen molar-refractivity contribution in [3.63, 3.8) is 0 Å². The smallest absolute Gasteiger partial charge is 0.251 e. The minimum Gasteiger partial charge on any atom is -0.487 e. The van der Waals surface area contributed by atoms with Crippen LogP contribution in [-0.4, -0.2) is 30.1 Å². The van der Waals surface area contributed by atoms with Crippen molar-refractivity contribution in [2.24, 2.45) is 0 Å². The molecule has 0 atom stereocenters. The summed E-state index contributed by atoms with van der Waals surface area (Å²) in [6.07, 6.45) is 9.19. The van der Waals surface area contributed by atoms with Gasteiger partial charge in [0.15, 0.2) is 5.82 Å². The molecule has 5 aromatic rings. The standard InChI is InChI=1S/C25H22N6O2/c1-18-4-2-12-30-16-21(29-24(18)30)17-33-22-8-6-20(7-9-22)25(32)27-15-19-5-10-23(26-14-19)31-13-3-11-28-31/h2-14,16H,15,17H2,1H3,(H,27,32). The molecule has 0 unspecified atom stereocenters. The minimum atomic E-state index is -0.159. The number of rotatable bonds is 7. The van der Waals surface area contributed by atoms with Gasteiger partial charge in [-0.15, -0.1) is 0 Å². The van der Waals surface area contributed by atoms with Gasteiger partial charge in [0, 0.05) is 43.1 Å². The van der Waals surface area contributed by atoms with Crippen LogP contribution >= 0.6 is 0 Å². The van der Waals surface area contributed by atoms with Crippen molar-refractivity contribution in [1.82, 2.24) is 29.5 Å². The fourth-order valence-corrected chi connectivity index (χ4v) is 3.48. The van der Waals surface area contributed by atoms with Gasteiger partial charge >= 0.3 is 0 Å². The molecule has 0 saturated carbocycles. The van der Waals surface area contributed by atoms with E-state index >= 15 is 0 Å². The number of carbonyl (C=O) groups is 1. The van der Waals surface area contributed by atoms with Crippen LogP contribution in [0.4, 0.5) is 0 Å². The summed E-state index contributed by atoms with van der Waals surface area (Å²) >= 11 is 0. The van der Waals surface area contributed by atoms with Crippen molar-refractivity contribution >= 4 is 11.6 Å². The van der Waals surface area contributed by atoms with E-state index in [2.05, 4.69) is 20.4 Å². The van der Waals surface area contributed by atoms with Gasteiger partial charge in [0.1, 0.15) is 18.0 Å². The molecule has 4 aromatic heterocycles. The summed E-state index contributed by atoms with van der Waals surface area (Å²) in [5, 5.41) is 7.06. The third-order valence-electron chi connectivity index (χ3n) is 5.23. The van der Waals surface area contributed by atoms with Gasteiger partial charge in [-0.25, -0.2) is 14.6 Å². The maximum absolute atomic E-state index is 12.5. The quantitative estimate of drug-likeness (QED) is 0.418. The lowest BCUT2D eigenvalue weighted by Gasteiger charge is -2.08. The predicted octanol–water partition coefficient (Wildman–Crippen LogP) is 3.73. The molecule has 0 aliphatic carbocycles. The van der Waals surface area contributed by atoms with E-state index in [9.17, 15) is 4.79 Å².